The molecule has 1 aliphatic rings. The lowest BCUT2D eigenvalue weighted by Crippen LogP contribution is -2.44. The predicted molar refractivity (Wildman–Crippen MR) is 107 cm³/mol. The topological polar surface area (TPSA) is 75.7 Å². The maximum atomic E-state index is 13.3. The second-order valence-corrected chi connectivity index (χ2v) is 7.06. The van der Waals surface area contributed by atoms with Crippen LogP contribution in [-0.2, 0) is 19.1 Å². The summed E-state index contributed by atoms with van der Waals surface area (Å²) in [4.78, 5) is 39.0. The first kappa shape index (κ1) is 22.6. The van der Waals surface area contributed by atoms with Gasteiger partial charge in [0.05, 0.1) is 12.2 Å². The molecule has 2 rings (SSSR count). The van der Waals surface area contributed by atoms with Crippen molar-refractivity contribution >= 4 is 17.8 Å². The number of carbonyl (C=O) groups is 3. The number of unbranched alkanes of at least 4 members (excludes halogenated alkanes) is 2. The fourth-order valence-corrected chi connectivity index (χ4v) is 3.46. The van der Waals surface area contributed by atoms with E-state index in [1.807, 2.05) is 0 Å². The number of ether oxygens (including phenoxy) is 1. The van der Waals surface area contributed by atoms with E-state index in [2.05, 4.69) is 12.2 Å². The minimum atomic E-state index is -0.536. The molecule has 0 aliphatic carbocycles. The Balaban J connectivity index is 2.27. The monoisotopic (exact) mass is 404 g/mol. The molecule has 1 aliphatic heterocycles. The van der Waals surface area contributed by atoms with Crippen LogP contribution in [0.2, 0.25) is 0 Å². The molecular formula is C22H29FN2O4. The van der Waals surface area contributed by atoms with Gasteiger partial charge in [-0.3, -0.25) is 9.59 Å². The number of hydrogen-bond acceptors (Lipinski definition) is 4. The quantitative estimate of drug-likeness (QED) is 0.506. The van der Waals surface area contributed by atoms with Crippen LogP contribution >= 0.6 is 0 Å². The van der Waals surface area contributed by atoms with E-state index in [0.29, 0.717) is 23.4 Å². The highest BCUT2D eigenvalue weighted by Gasteiger charge is 2.37. The van der Waals surface area contributed by atoms with Crippen LogP contribution in [-0.4, -0.2) is 42.4 Å². The Labute approximate surface area is 171 Å². The molecule has 0 radical (unpaired) electrons. The Morgan fingerprint density at radius 2 is 1.90 bits per heavy atom. The van der Waals surface area contributed by atoms with Gasteiger partial charge in [0.15, 0.2) is 0 Å². The van der Waals surface area contributed by atoms with E-state index in [-0.39, 0.29) is 31.4 Å². The van der Waals surface area contributed by atoms with Gasteiger partial charge in [-0.2, -0.15) is 0 Å². The summed E-state index contributed by atoms with van der Waals surface area (Å²) in [5.74, 6) is -1.98. The van der Waals surface area contributed by atoms with E-state index in [4.69, 9.17) is 4.74 Å². The van der Waals surface area contributed by atoms with Crippen molar-refractivity contribution in [1.29, 1.82) is 0 Å². The molecule has 0 saturated heterocycles. The molecule has 1 atom stereocenters. The van der Waals surface area contributed by atoms with Gasteiger partial charge in [0.1, 0.15) is 12.4 Å². The zero-order valence-electron chi connectivity index (χ0n) is 17.3. The van der Waals surface area contributed by atoms with Crippen molar-refractivity contribution in [3.05, 3.63) is 46.9 Å². The Bertz CT molecular complexity index is 774. The number of hydrogen-bond donors (Lipinski definition) is 1. The molecule has 6 nitrogen and oxygen atoms in total. The summed E-state index contributed by atoms with van der Waals surface area (Å²) >= 11 is 0. The van der Waals surface area contributed by atoms with Crippen LogP contribution in [0.15, 0.2) is 35.5 Å². The van der Waals surface area contributed by atoms with Crippen LogP contribution in [0.3, 0.4) is 0 Å². The average Bonchev–Trinajstić information content (AvgIpc) is 2.69. The summed E-state index contributed by atoms with van der Waals surface area (Å²) in [7, 11) is 0. The number of benzene rings is 1. The molecule has 0 bridgehead atoms. The Hall–Kier alpha value is -2.70. The maximum absolute atomic E-state index is 13.3. The number of halogens is 1. The van der Waals surface area contributed by atoms with E-state index >= 15 is 0 Å². The molecule has 1 aromatic rings. The van der Waals surface area contributed by atoms with Crippen LogP contribution in [0, 0.1) is 5.82 Å². The Kier molecular flexibility index (Phi) is 8.36. The highest BCUT2D eigenvalue weighted by molar-refractivity contribution is 5.97. The van der Waals surface area contributed by atoms with Crippen LogP contribution in [0.5, 0.6) is 0 Å². The second kappa shape index (κ2) is 10.7. The summed E-state index contributed by atoms with van der Waals surface area (Å²) in [6.07, 6.45) is 2.97. The first-order valence-corrected chi connectivity index (χ1v) is 10.1. The smallest absolute Gasteiger partial charge is 0.336 e. The van der Waals surface area contributed by atoms with Gasteiger partial charge in [-0.25, -0.2) is 9.18 Å². The van der Waals surface area contributed by atoms with Crippen LogP contribution in [0.1, 0.15) is 57.9 Å². The molecule has 29 heavy (non-hydrogen) atoms. The van der Waals surface area contributed by atoms with Crippen molar-refractivity contribution in [3.63, 3.8) is 0 Å². The van der Waals surface area contributed by atoms with Crippen LogP contribution < -0.4 is 5.32 Å². The fourth-order valence-electron chi connectivity index (χ4n) is 3.46. The van der Waals surface area contributed by atoms with Gasteiger partial charge in [-0.15, -0.1) is 0 Å². The lowest BCUT2D eigenvalue weighted by Gasteiger charge is -2.34. The van der Waals surface area contributed by atoms with Crippen molar-refractivity contribution in [1.82, 2.24) is 10.2 Å². The van der Waals surface area contributed by atoms with Gasteiger partial charge in [-0.1, -0.05) is 31.9 Å². The van der Waals surface area contributed by atoms with Crippen molar-refractivity contribution < 1.29 is 23.5 Å². The number of amides is 2. The first-order chi connectivity index (χ1) is 13.9. The normalized spacial score (nSPS) is 16.8. The molecule has 0 saturated carbocycles. The van der Waals surface area contributed by atoms with E-state index in [0.717, 1.165) is 19.3 Å². The number of nitrogens with zero attached hydrogens (tertiary/aromatic N) is 1. The summed E-state index contributed by atoms with van der Waals surface area (Å²) in [5, 5.41) is 2.81. The van der Waals surface area contributed by atoms with E-state index in [1.165, 1.54) is 17.0 Å². The van der Waals surface area contributed by atoms with Crippen LogP contribution in [0.25, 0.3) is 0 Å². The summed E-state index contributed by atoms with van der Waals surface area (Å²) in [6, 6.07) is 5.73. The molecule has 1 aromatic carbocycles. The molecule has 0 fully saturated rings. The number of esters is 1. The standard InChI is InChI=1S/C22H29FN2O4/c1-4-6-7-12-24-19(26)14-25-15(3)21(22(28)29-5-2)18(13-20(25)27)16-8-10-17(23)11-9-16/h8-11,18H,4-7,12-14H2,1-3H3,(H,24,26). The summed E-state index contributed by atoms with van der Waals surface area (Å²) in [5.41, 5.74) is 1.39. The minimum absolute atomic E-state index is 0.0141. The SMILES string of the molecule is CCCCCNC(=O)CN1C(=O)CC(c2ccc(F)cc2)C(C(=O)OCC)=C1C. The molecule has 7 heteroatoms. The zero-order chi connectivity index (χ0) is 21.4. The van der Waals surface area contributed by atoms with Gasteiger partial charge < -0.3 is 15.0 Å². The first-order valence-electron chi connectivity index (χ1n) is 10.1. The second-order valence-electron chi connectivity index (χ2n) is 7.06. The van der Waals surface area contributed by atoms with Gasteiger partial charge in [-0.05, 0) is 38.0 Å². The lowest BCUT2D eigenvalue weighted by atomic mass is 9.83. The number of allylic oxidation sites excluding steroid dienone is 1. The third kappa shape index (κ3) is 5.89. The third-order valence-corrected chi connectivity index (χ3v) is 4.99. The Morgan fingerprint density at radius 3 is 2.52 bits per heavy atom. The van der Waals surface area contributed by atoms with E-state index in [1.54, 1.807) is 26.0 Å². The minimum Gasteiger partial charge on any atom is -0.463 e. The summed E-state index contributed by atoms with van der Waals surface area (Å²) in [6.45, 7) is 6.03. The molecule has 2 amide bonds. The van der Waals surface area contributed by atoms with Gasteiger partial charge in [0.2, 0.25) is 11.8 Å². The summed E-state index contributed by atoms with van der Waals surface area (Å²) < 4.78 is 18.5. The highest BCUT2D eigenvalue weighted by Crippen LogP contribution is 2.37. The maximum Gasteiger partial charge on any atom is 0.336 e. The fraction of sp³-hybridized carbons (Fsp3) is 0.500. The van der Waals surface area contributed by atoms with Gasteiger partial charge >= 0.3 is 5.97 Å². The van der Waals surface area contributed by atoms with E-state index < -0.39 is 17.7 Å². The number of carbonyl (C=O) groups excluding carboxylic acids is 3. The van der Waals surface area contributed by atoms with Gasteiger partial charge in [0, 0.05) is 24.6 Å². The number of rotatable bonds is 9. The predicted octanol–water partition coefficient (Wildman–Crippen LogP) is 3.29. The molecule has 0 spiro atoms. The number of nitrogens with one attached hydrogen (secondary N) is 1. The lowest BCUT2D eigenvalue weighted by molar-refractivity contribution is -0.141. The largest absolute Gasteiger partial charge is 0.463 e. The molecule has 1 N–H and O–H groups in total. The molecular weight excluding hydrogens is 375 g/mol. The highest BCUT2D eigenvalue weighted by atomic mass is 19.1. The van der Waals surface area contributed by atoms with Crippen molar-refractivity contribution in [2.45, 2.75) is 52.4 Å². The Morgan fingerprint density at radius 1 is 1.21 bits per heavy atom. The molecule has 158 valence electrons. The third-order valence-electron chi connectivity index (χ3n) is 4.99. The van der Waals surface area contributed by atoms with Crippen LogP contribution in [0.4, 0.5) is 4.39 Å². The molecule has 0 aromatic heterocycles. The molecule has 1 heterocycles. The average molecular weight is 404 g/mol. The van der Waals surface area contributed by atoms with Crippen molar-refractivity contribution in [2.24, 2.45) is 0 Å². The van der Waals surface area contributed by atoms with Crippen molar-refractivity contribution in [2.75, 3.05) is 19.7 Å². The zero-order valence-corrected chi connectivity index (χ0v) is 17.3. The molecule has 1 unspecified atom stereocenters. The van der Waals surface area contributed by atoms with E-state index in [9.17, 15) is 18.8 Å². The van der Waals surface area contributed by atoms with Crippen molar-refractivity contribution in [3.8, 4) is 0 Å². The van der Waals surface area contributed by atoms with Gasteiger partial charge in [0.25, 0.3) is 0 Å².